The van der Waals surface area contributed by atoms with Crippen LogP contribution in [0.15, 0.2) is 47.3 Å². The second-order valence-corrected chi connectivity index (χ2v) is 9.04. The number of rotatable bonds is 10. The number of amides is 1. The van der Waals surface area contributed by atoms with Gasteiger partial charge in [-0.1, -0.05) is 31.4 Å². The summed E-state index contributed by atoms with van der Waals surface area (Å²) in [5.41, 5.74) is 1.11. The van der Waals surface area contributed by atoms with Crippen molar-refractivity contribution in [3.05, 3.63) is 69.9 Å². The number of benzene rings is 2. The third-order valence-electron chi connectivity index (χ3n) is 6.39. The van der Waals surface area contributed by atoms with Gasteiger partial charge in [-0.05, 0) is 54.7 Å². The van der Waals surface area contributed by atoms with E-state index in [1.807, 2.05) is 0 Å². The van der Waals surface area contributed by atoms with E-state index in [2.05, 4.69) is 20.5 Å². The maximum atomic E-state index is 13.4. The monoisotopic (exact) mass is 494 g/mol. The van der Waals surface area contributed by atoms with E-state index in [9.17, 15) is 14.0 Å². The molecule has 0 spiro atoms. The molecule has 190 valence electrons. The van der Waals surface area contributed by atoms with Crippen LogP contribution in [0.1, 0.15) is 49.8 Å². The van der Waals surface area contributed by atoms with Crippen LogP contribution in [-0.2, 0) is 17.8 Å². The number of nitrogens with one attached hydrogen (secondary N) is 2. The van der Waals surface area contributed by atoms with E-state index in [-0.39, 0.29) is 48.3 Å². The van der Waals surface area contributed by atoms with Crippen LogP contribution in [0.4, 0.5) is 4.39 Å². The molecule has 0 bridgehead atoms. The van der Waals surface area contributed by atoms with E-state index in [0.717, 1.165) is 12.8 Å². The van der Waals surface area contributed by atoms with Gasteiger partial charge in [0.25, 0.3) is 5.56 Å². The second kappa shape index (κ2) is 12.3. The summed E-state index contributed by atoms with van der Waals surface area (Å²) in [7, 11) is 1.50. The first-order chi connectivity index (χ1) is 17.5. The lowest BCUT2D eigenvalue weighted by Crippen LogP contribution is -2.31. The molecule has 1 aliphatic carbocycles. The molecule has 0 atom stereocenters. The van der Waals surface area contributed by atoms with Crippen molar-refractivity contribution in [1.29, 1.82) is 0 Å². The van der Waals surface area contributed by atoms with E-state index in [4.69, 9.17) is 9.47 Å². The molecule has 1 saturated carbocycles. The molecule has 2 aromatic carbocycles. The van der Waals surface area contributed by atoms with Crippen LogP contribution in [0.2, 0.25) is 0 Å². The third-order valence-corrected chi connectivity index (χ3v) is 6.39. The zero-order chi connectivity index (χ0) is 25.3. The van der Waals surface area contributed by atoms with E-state index in [1.165, 1.54) is 38.5 Å². The average molecular weight is 495 g/mol. The largest absolute Gasteiger partial charge is 0.493 e. The predicted molar refractivity (Wildman–Crippen MR) is 133 cm³/mol. The lowest BCUT2D eigenvalue weighted by Gasteiger charge is -2.21. The molecule has 1 aliphatic rings. The van der Waals surface area contributed by atoms with Gasteiger partial charge in [-0.3, -0.25) is 9.59 Å². The van der Waals surface area contributed by atoms with Crippen molar-refractivity contribution in [3.63, 3.8) is 0 Å². The maximum Gasteiger partial charge on any atom is 0.273 e. The van der Waals surface area contributed by atoms with Crippen LogP contribution < -0.4 is 20.3 Å². The van der Waals surface area contributed by atoms with Gasteiger partial charge < -0.3 is 19.8 Å². The summed E-state index contributed by atoms with van der Waals surface area (Å²) in [4.78, 5) is 27.5. The van der Waals surface area contributed by atoms with Gasteiger partial charge in [0.2, 0.25) is 5.91 Å². The zero-order valence-corrected chi connectivity index (χ0v) is 20.4. The summed E-state index contributed by atoms with van der Waals surface area (Å²) in [6, 6.07) is 11.3. The van der Waals surface area contributed by atoms with E-state index in [0.29, 0.717) is 35.1 Å². The van der Waals surface area contributed by atoms with Crippen molar-refractivity contribution in [3.8, 4) is 22.9 Å². The molecule has 1 fully saturated rings. The molecule has 1 heterocycles. The zero-order valence-electron chi connectivity index (χ0n) is 20.4. The maximum absolute atomic E-state index is 13.4. The van der Waals surface area contributed by atoms with Gasteiger partial charge in [0.1, 0.15) is 18.1 Å². The van der Waals surface area contributed by atoms with E-state index in [1.54, 1.807) is 30.3 Å². The number of H-pyrrole nitrogens is 1. The first-order valence-electron chi connectivity index (χ1n) is 12.3. The number of hydrogen-bond acceptors (Lipinski definition) is 6. The number of aromatic nitrogens is 3. The summed E-state index contributed by atoms with van der Waals surface area (Å²) in [6.45, 7) is 0.872. The Morgan fingerprint density at radius 2 is 1.94 bits per heavy atom. The summed E-state index contributed by atoms with van der Waals surface area (Å²) in [5.74, 6) is 1.33. The van der Waals surface area contributed by atoms with Crippen LogP contribution in [0.5, 0.6) is 11.5 Å². The molecule has 3 aromatic rings. The first-order valence-corrected chi connectivity index (χ1v) is 12.3. The van der Waals surface area contributed by atoms with E-state index < -0.39 is 0 Å². The molecule has 0 aliphatic heterocycles. The topological polar surface area (TPSA) is 106 Å². The Morgan fingerprint density at radius 1 is 1.11 bits per heavy atom. The minimum absolute atomic E-state index is 0.0792. The number of aryl methyl sites for hydroxylation is 1. The summed E-state index contributed by atoms with van der Waals surface area (Å²) < 4.78 is 24.6. The van der Waals surface area contributed by atoms with Crippen molar-refractivity contribution in [1.82, 2.24) is 20.5 Å². The molecule has 0 unspecified atom stereocenters. The number of ether oxygens (including phenoxy) is 2. The molecular weight excluding hydrogens is 463 g/mol. The quantitative estimate of drug-likeness (QED) is 0.438. The molecule has 1 aromatic heterocycles. The van der Waals surface area contributed by atoms with Gasteiger partial charge in [-0.25, -0.2) is 4.39 Å². The van der Waals surface area contributed by atoms with Crippen molar-refractivity contribution in [2.75, 3.05) is 13.7 Å². The van der Waals surface area contributed by atoms with Crippen LogP contribution in [0, 0.1) is 11.7 Å². The minimum Gasteiger partial charge on any atom is -0.493 e. The van der Waals surface area contributed by atoms with Gasteiger partial charge in [-0.2, -0.15) is 0 Å². The third kappa shape index (κ3) is 6.90. The van der Waals surface area contributed by atoms with Crippen molar-refractivity contribution >= 4 is 5.91 Å². The number of carbonyl (C=O) groups is 1. The fourth-order valence-corrected chi connectivity index (χ4v) is 4.35. The molecule has 0 radical (unpaired) electrons. The van der Waals surface area contributed by atoms with Crippen LogP contribution >= 0.6 is 0 Å². The molecule has 36 heavy (non-hydrogen) atoms. The highest BCUT2D eigenvalue weighted by molar-refractivity contribution is 5.76. The Labute approximate surface area is 209 Å². The fraction of sp³-hybridized carbons (Fsp3) is 0.407. The van der Waals surface area contributed by atoms with Crippen LogP contribution in [0.25, 0.3) is 11.4 Å². The Hall–Kier alpha value is -3.75. The lowest BCUT2D eigenvalue weighted by molar-refractivity contribution is -0.121. The van der Waals surface area contributed by atoms with Gasteiger partial charge in [0, 0.05) is 24.9 Å². The molecule has 4 rings (SSSR count). The molecule has 0 saturated heterocycles. The molecular formula is C27H31FN4O4. The molecule has 2 N–H and O–H groups in total. The smallest absolute Gasteiger partial charge is 0.273 e. The van der Waals surface area contributed by atoms with Crippen LogP contribution in [0.3, 0.4) is 0 Å². The Kier molecular flexibility index (Phi) is 8.65. The number of carbonyl (C=O) groups excluding carboxylic acids is 1. The number of halogens is 1. The van der Waals surface area contributed by atoms with Gasteiger partial charge >= 0.3 is 0 Å². The van der Waals surface area contributed by atoms with E-state index >= 15 is 0 Å². The molecule has 1 amide bonds. The Balaban J connectivity index is 1.35. The molecule has 8 nitrogen and oxygen atoms in total. The number of methoxy groups -OCH3 is 1. The number of hydrogen-bond donors (Lipinski definition) is 2. The fourth-order valence-electron chi connectivity index (χ4n) is 4.35. The Bertz CT molecular complexity index is 1240. The van der Waals surface area contributed by atoms with Crippen molar-refractivity contribution < 1.29 is 18.7 Å². The summed E-state index contributed by atoms with van der Waals surface area (Å²) in [6.07, 6.45) is 6.48. The highest BCUT2D eigenvalue weighted by Gasteiger charge is 2.15. The summed E-state index contributed by atoms with van der Waals surface area (Å²) in [5, 5.41) is 11.2. The second-order valence-electron chi connectivity index (χ2n) is 9.04. The van der Waals surface area contributed by atoms with Crippen LogP contribution in [-0.4, -0.2) is 34.7 Å². The highest BCUT2D eigenvalue weighted by Crippen LogP contribution is 2.31. The average Bonchev–Trinajstić information content (AvgIpc) is 2.90. The first kappa shape index (κ1) is 25.3. The number of aromatic amines is 1. The standard InChI is InChI=1S/C27H31FN4O4/c1-35-24-15-20(10-12-23(24)36-17-19-8-5-9-21(28)14-19)26-30-27(34)22(31-32-26)11-13-25(33)29-16-18-6-3-2-4-7-18/h5,8-10,12,14-15,18H,2-4,6-7,11,13,16-17H2,1H3,(H,29,33)(H,30,32,34). The Morgan fingerprint density at radius 3 is 2.69 bits per heavy atom. The lowest BCUT2D eigenvalue weighted by atomic mass is 9.89. The highest BCUT2D eigenvalue weighted by atomic mass is 19.1. The summed E-state index contributed by atoms with van der Waals surface area (Å²) >= 11 is 0. The van der Waals surface area contributed by atoms with Crippen molar-refractivity contribution in [2.45, 2.75) is 51.6 Å². The van der Waals surface area contributed by atoms with Gasteiger partial charge in [0.15, 0.2) is 17.3 Å². The van der Waals surface area contributed by atoms with Crippen molar-refractivity contribution in [2.24, 2.45) is 5.92 Å². The van der Waals surface area contributed by atoms with Gasteiger partial charge in [-0.15, -0.1) is 10.2 Å². The SMILES string of the molecule is COc1cc(-c2nnc(CCC(=O)NCC3CCCCC3)c(=O)[nH]2)ccc1OCc1cccc(F)c1. The number of nitrogens with zero attached hydrogens (tertiary/aromatic N) is 2. The predicted octanol–water partition coefficient (Wildman–Crippen LogP) is 4.19. The normalized spacial score (nSPS) is 13.8. The minimum atomic E-state index is -0.384. The molecule has 9 heteroatoms. The van der Waals surface area contributed by atoms with Gasteiger partial charge in [0.05, 0.1) is 7.11 Å².